The molecule has 10 heteroatoms. The Bertz CT molecular complexity index is 789. The number of hydrogen-bond acceptors (Lipinski definition) is 5. The Labute approximate surface area is 152 Å². The highest BCUT2D eigenvalue weighted by atomic mass is 35.5. The monoisotopic (exact) mass is 390 g/mol. The van der Waals surface area contributed by atoms with Crippen LogP contribution >= 0.6 is 12.4 Å². The average molecular weight is 391 g/mol. The van der Waals surface area contributed by atoms with Crippen LogP contribution in [-0.2, 0) is 29.7 Å². The van der Waals surface area contributed by atoms with Gasteiger partial charge in [0.2, 0.25) is 10.0 Å². The topological polar surface area (TPSA) is 85.2 Å². The number of nitrogens with zero attached hydrogens (tertiary/aromatic N) is 2. The Morgan fingerprint density at radius 3 is 2.92 bits per heavy atom. The van der Waals surface area contributed by atoms with Gasteiger partial charge in [0.15, 0.2) is 11.6 Å². The smallest absolute Gasteiger partial charge is 0.215 e. The molecule has 7 nitrogen and oxygen atoms in total. The standard InChI is InChI=1S/C15H19FN4O3S.ClH/c16-14-3-1-2-4-15(14)23-7-8-24(21,22)18-10-12-9-13-11-17-5-6-20(13)19-12;/h1-4,9,17-18H,5-8,10-11H2;1H. The summed E-state index contributed by atoms with van der Waals surface area (Å²) in [5, 5.41) is 7.59. The number of ether oxygens (including phenoxy) is 1. The molecule has 0 atom stereocenters. The van der Waals surface area contributed by atoms with E-state index in [4.69, 9.17) is 4.74 Å². The van der Waals surface area contributed by atoms with Gasteiger partial charge in [0.1, 0.15) is 6.61 Å². The Morgan fingerprint density at radius 2 is 2.16 bits per heavy atom. The largest absolute Gasteiger partial charge is 0.489 e. The maximum absolute atomic E-state index is 13.4. The fourth-order valence-corrected chi connectivity index (χ4v) is 3.23. The molecule has 1 aromatic carbocycles. The number of nitrogens with one attached hydrogen (secondary N) is 2. The zero-order chi connectivity index (χ0) is 17.0. The molecule has 0 saturated heterocycles. The first kappa shape index (κ1) is 19.6. The van der Waals surface area contributed by atoms with Gasteiger partial charge in [0, 0.05) is 13.1 Å². The van der Waals surface area contributed by atoms with E-state index < -0.39 is 15.8 Å². The molecule has 1 aromatic heterocycles. The first-order valence-electron chi connectivity index (χ1n) is 7.64. The molecule has 0 amide bonds. The number of halogens is 2. The first-order valence-corrected chi connectivity index (χ1v) is 9.30. The van der Waals surface area contributed by atoms with Gasteiger partial charge in [-0.05, 0) is 18.2 Å². The number of para-hydroxylation sites is 1. The minimum atomic E-state index is -3.53. The number of hydrogen-bond donors (Lipinski definition) is 2. The second-order valence-corrected chi connectivity index (χ2v) is 7.37. The van der Waals surface area contributed by atoms with Crippen LogP contribution in [0.5, 0.6) is 5.75 Å². The highest BCUT2D eigenvalue weighted by Gasteiger charge is 2.15. The van der Waals surface area contributed by atoms with Crippen LogP contribution in [-0.4, -0.2) is 37.1 Å². The third-order valence-corrected chi connectivity index (χ3v) is 4.93. The van der Waals surface area contributed by atoms with Crippen LogP contribution in [0.2, 0.25) is 0 Å². The number of benzene rings is 1. The Hall–Kier alpha value is -1.68. The van der Waals surface area contributed by atoms with Crippen molar-refractivity contribution in [3.05, 3.63) is 47.5 Å². The van der Waals surface area contributed by atoms with Crippen LogP contribution < -0.4 is 14.8 Å². The summed E-state index contributed by atoms with van der Waals surface area (Å²) in [4.78, 5) is 0. The van der Waals surface area contributed by atoms with Crippen molar-refractivity contribution in [2.45, 2.75) is 19.6 Å². The summed E-state index contributed by atoms with van der Waals surface area (Å²) in [5.41, 5.74) is 1.71. The van der Waals surface area contributed by atoms with E-state index in [2.05, 4.69) is 15.1 Å². The van der Waals surface area contributed by atoms with E-state index in [9.17, 15) is 12.8 Å². The molecule has 1 aliphatic rings. The molecular formula is C15H20ClFN4O3S. The SMILES string of the molecule is Cl.O=S(=O)(CCOc1ccccc1F)NCc1cc2n(n1)CCNC2. The lowest BCUT2D eigenvalue weighted by Gasteiger charge is -2.13. The van der Waals surface area contributed by atoms with E-state index in [0.717, 1.165) is 25.3 Å². The van der Waals surface area contributed by atoms with Crippen molar-refractivity contribution in [3.8, 4) is 5.75 Å². The third-order valence-electron chi connectivity index (χ3n) is 3.64. The van der Waals surface area contributed by atoms with Crippen LogP contribution in [0.25, 0.3) is 0 Å². The van der Waals surface area contributed by atoms with E-state index in [1.165, 1.54) is 12.1 Å². The lowest BCUT2D eigenvalue weighted by Crippen LogP contribution is -2.29. The Kier molecular flexibility index (Phi) is 6.77. The van der Waals surface area contributed by atoms with E-state index in [0.29, 0.717) is 5.69 Å². The summed E-state index contributed by atoms with van der Waals surface area (Å²) >= 11 is 0. The van der Waals surface area contributed by atoms with Gasteiger partial charge in [-0.25, -0.2) is 17.5 Å². The first-order chi connectivity index (χ1) is 11.5. The van der Waals surface area contributed by atoms with Crippen LogP contribution in [0.15, 0.2) is 30.3 Å². The molecule has 1 aliphatic heterocycles. The zero-order valence-electron chi connectivity index (χ0n) is 13.4. The lowest BCUT2D eigenvalue weighted by atomic mass is 10.3. The van der Waals surface area contributed by atoms with Gasteiger partial charge in [0.25, 0.3) is 0 Å². The van der Waals surface area contributed by atoms with Gasteiger partial charge < -0.3 is 10.1 Å². The summed E-state index contributed by atoms with van der Waals surface area (Å²) < 4.78 is 46.9. The molecular weight excluding hydrogens is 371 g/mol. The molecule has 2 aromatic rings. The molecule has 0 aliphatic carbocycles. The highest BCUT2D eigenvalue weighted by molar-refractivity contribution is 7.89. The fourth-order valence-electron chi connectivity index (χ4n) is 2.42. The van der Waals surface area contributed by atoms with Crippen molar-refractivity contribution in [1.29, 1.82) is 0 Å². The molecule has 0 radical (unpaired) electrons. The predicted molar refractivity (Wildman–Crippen MR) is 93.7 cm³/mol. The third kappa shape index (κ3) is 5.40. The summed E-state index contributed by atoms with van der Waals surface area (Å²) in [5.74, 6) is -0.724. The number of fused-ring (bicyclic) bond motifs is 1. The highest BCUT2D eigenvalue weighted by Crippen LogP contribution is 2.15. The van der Waals surface area contributed by atoms with Crippen LogP contribution in [0.1, 0.15) is 11.4 Å². The van der Waals surface area contributed by atoms with Crippen LogP contribution in [0, 0.1) is 5.82 Å². The van der Waals surface area contributed by atoms with Gasteiger partial charge in [-0.3, -0.25) is 4.68 Å². The van der Waals surface area contributed by atoms with Crippen molar-refractivity contribution in [2.24, 2.45) is 0 Å². The predicted octanol–water partition coefficient (Wildman–Crippen LogP) is 1.05. The molecule has 0 fully saturated rings. The lowest BCUT2D eigenvalue weighted by molar-refractivity contribution is 0.322. The molecule has 3 rings (SSSR count). The average Bonchev–Trinajstić information content (AvgIpc) is 2.98. The van der Waals surface area contributed by atoms with Gasteiger partial charge in [-0.1, -0.05) is 12.1 Å². The zero-order valence-corrected chi connectivity index (χ0v) is 15.1. The Morgan fingerprint density at radius 1 is 1.36 bits per heavy atom. The molecule has 0 saturated carbocycles. The summed E-state index contributed by atoms with van der Waals surface area (Å²) in [7, 11) is -3.53. The molecule has 25 heavy (non-hydrogen) atoms. The van der Waals surface area contributed by atoms with Gasteiger partial charge >= 0.3 is 0 Å². The van der Waals surface area contributed by atoms with Crippen molar-refractivity contribution >= 4 is 22.4 Å². The summed E-state index contributed by atoms with van der Waals surface area (Å²) in [6.07, 6.45) is 0. The minimum Gasteiger partial charge on any atom is -0.489 e. The Balaban J connectivity index is 0.00000225. The second kappa shape index (κ2) is 8.61. The van der Waals surface area contributed by atoms with Crippen molar-refractivity contribution in [3.63, 3.8) is 0 Å². The van der Waals surface area contributed by atoms with E-state index in [1.54, 1.807) is 12.1 Å². The second-order valence-electron chi connectivity index (χ2n) is 5.45. The van der Waals surface area contributed by atoms with Crippen LogP contribution in [0.3, 0.4) is 0 Å². The van der Waals surface area contributed by atoms with Crippen molar-refractivity contribution in [1.82, 2.24) is 19.8 Å². The molecule has 0 unspecified atom stereocenters. The normalized spacial score (nSPS) is 13.8. The van der Waals surface area contributed by atoms with Gasteiger partial charge in [-0.15, -0.1) is 12.4 Å². The van der Waals surface area contributed by atoms with E-state index in [1.807, 2.05) is 10.7 Å². The quantitative estimate of drug-likeness (QED) is 0.738. The van der Waals surface area contributed by atoms with Gasteiger partial charge in [0.05, 0.1) is 30.2 Å². The summed E-state index contributed by atoms with van der Waals surface area (Å²) in [6.45, 7) is 2.37. The minimum absolute atomic E-state index is 0. The maximum atomic E-state index is 13.4. The maximum Gasteiger partial charge on any atom is 0.215 e. The van der Waals surface area contributed by atoms with Crippen molar-refractivity contribution < 1.29 is 17.5 Å². The van der Waals surface area contributed by atoms with E-state index in [-0.39, 0.29) is 37.1 Å². The molecule has 138 valence electrons. The number of sulfonamides is 1. The number of aromatic nitrogens is 2. The van der Waals surface area contributed by atoms with Gasteiger partial charge in [-0.2, -0.15) is 5.10 Å². The molecule has 2 heterocycles. The van der Waals surface area contributed by atoms with Crippen LogP contribution in [0.4, 0.5) is 4.39 Å². The summed E-state index contributed by atoms with van der Waals surface area (Å²) in [6, 6.07) is 7.77. The van der Waals surface area contributed by atoms with E-state index >= 15 is 0 Å². The van der Waals surface area contributed by atoms with Crippen molar-refractivity contribution in [2.75, 3.05) is 18.9 Å². The molecule has 2 N–H and O–H groups in total. The molecule has 0 bridgehead atoms. The number of rotatable bonds is 7. The molecule has 0 spiro atoms. The fraction of sp³-hybridized carbons (Fsp3) is 0.400.